The third kappa shape index (κ3) is 4.68. The summed E-state index contributed by atoms with van der Waals surface area (Å²) in [6.07, 6.45) is 16.0. The van der Waals surface area contributed by atoms with Gasteiger partial charge in [-0.3, -0.25) is 0 Å². The zero-order chi connectivity index (χ0) is 33.0. The van der Waals surface area contributed by atoms with Crippen LogP contribution in [-0.4, -0.2) is 0 Å². The molecule has 0 amide bonds. The van der Waals surface area contributed by atoms with Crippen molar-refractivity contribution in [1.29, 1.82) is 0 Å². The van der Waals surface area contributed by atoms with E-state index in [-0.39, 0.29) is 0 Å². The van der Waals surface area contributed by atoms with Crippen molar-refractivity contribution in [2.45, 2.75) is 0 Å². The van der Waals surface area contributed by atoms with Crippen LogP contribution >= 0.6 is 0 Å². The van der Waals surface area contributed by atoms with Crippen LogP contribution in [0.3, 0.4) is 0 Å². The van der Waals surface area contributed by atoms with E-state index in [4.69, 9.17) is 0 Å². The highest BCUT2D eigenvalue weighted by Crippen LogP contribution is 2.45. The van der Waals surface area contributed by atoms with E-state index < -0.39 is 0 Å². The first kappa shape index (κ1) is 28.7. The standard InChI is InChI=1S/C50H34/c1-3-13-37-31-39(27-21-33(37)11-1)42-30-29-41(43-15-5-6-16-44(42)43)35-23-25-36(26-24-35)49-45-17-7-9-19-47(45)50(48-20-10-8-18-46(48)49)40-28-22-34-12-2-4-14-38(34)32-40/h1-33,37H. The molecule has 0 bridgehead atoms. The van der Waals surface area contributed by atoms with E-state index >= 15 is 0 Å². The average Bonchev–Trinajstić information content (AvgIpc) is 3.19. The van der Waals surface area contributed by atoms with E-state index in [1.165, 1.54) is 87.6 Å². The van der Waals surface area contributed by atoms with Crippen LogP contribution in [0.1, 0.15) is 5.56 Å². The van der Waals surface area contributed by atoms with Crippen LogP contribution in [0.5, 0.6) is 0 Å². The Hall–Kier alpha value is -6.24. The van der Waals surface area contributed by atoms with E-state index in [2.05, 4.69) is 194 Å². The highest BCUT2D eigenvalue weighted by Gasteiger charge is 2.21. The van der Waals surface area contributed by atoms with Gasteiger partial charge in [0.25, 0.3) is 0 Å². The maximum absolute atomic E-state index is 2.43. The normalized spacial score (nSPS) is 16.7. The zero-order valence-corrected chi connectivity index (χ0v) is 27.6. The molecule has 2 atom stereocenters. The molecule has 0 heterocycles. The third-order valence-corrected chi connectivity index (χ3v) is 10.8. The molecule has 0 N–H and O–H groups in total. The summed E-state index contributed by atoms with van der Waals surface area (Å²) < 4.78 is 0. The molecule has 0 heteroatoms. The molecule has 0 radical (unpaired) electrons. The first-order chi connectivity index (χ1) is 24.8. The molecule has 0 aliphatic heterocycles. The lowest BCUT2D eigenvalue weighted by atomic mass is 9.80. The van der Waals surface area contributed by atoms with Gasteiger partial charge in [0, 0.05) is 11.8 Å². The van der Waals surface area contributed by atoms with Crippen LogP contribution in [0.2, 0.25) is 0 Å². The molecular weight excluding hydrogens is 601 g/mol. The molecule has 10 rings (SSSR count). The number of fused-ring (bicyclic) bond motifs is 5. The Morgan fingerprint density at radius 2 is 0.840 bits per heavy atom. The monoisotopic (exact) mass is 634 g/mol. The Morgan fingerprint density at radius 1 is 0.340 bits per heavy atom. The van der Waals surface area contributed by atoms with Gasteiger partial charge < -0.3 is 0 Å². The lowest BCUT2D eigenvalue weighted by Gasteiger charge is -2.24. The third-order valence-electron chi connectivity index (χ3n) is 10.8. The molecule has 50 heavy (non-hydrogen) atoms. The van der Waals surface area contributed by atoms with Gasteiger partial charge in [-0.2, -0.15) is 0 Å². The summed E-state index contributed by atoms with van der Waals surface area (Å²) in [6, 6.07) is 56.1. The predicted octanol–water partition coefficient (Wildman–Crippen LogP) is 13.6. The van der Waals surface area contributed by atoms with Crippen molar-refractivity contribution in [2.24, 2.45) is 11.8 Å². The number of benzene rings is 8. The minimum absolute atomic E-state index is 0.416. The van der Waals surface area contributed by atoms with E-state index in [9.17, 15) is 0 Å². The Labute approximate surface area is 292 Å². The second kappa shape index (κ2) is 11.7. The largest absolute Gasteiger partial charge is 0.0767 e. The van der Waals surface area contributed by atoms with Crippen molar-refractivity contribution in [3.05, 3.63) is 200 Å². The Kier molecular flexibility index (Phi) is 6.74. The van der Waals surface area contributed by atoms with Crippen LogP contribution < -0.4 is 0 Å². The summed E-state index contributed by atoms with van der Waals surface area (Å²) in [7, 11) is 0. The number of hydrogen-bond donors (Lipinski definition) is 0. The predicted molar refractivity (Wildman–Crippen MR) is 215 cm³/mol. The SMILES string of the molecule is C1=CC2C=CC(c3ccc(-c4ccc(-c5c6ccccc6c(-c6ccc7ccccc7c6)c6ccccc56)cc4)c4ccccc34)=CC2C=C1. The fourth-order valence-electron chi connectivity index (χ4n) is 8.37. The Balaban J connectivity index is 1.10. The summed E-state index contributed by atoms with van der Waals surface area (Å²) in [5.74, 6) is 0.872. The van der Waals surface area contributed by atoms with Crippen LogP contribution in [0.25, 0.3) is 82.0 Å². The molecule has 234 valence electrons. The number of rotatable bonds is 4. The molecule has 8 aromatic carbocycles. The van der Waals surface area contributed by atoms with Gasteiger partial charge in [0.15, 0.2) is 0 Å². The van der Waals surface area contributed by atoms with Gasteiger partial charge >= 0.3 is 0 Å². The molecule has 8 aromatic rings. The molecule has 0 fully saturated rings. The second-order valence-electron chi connectivity index (χ2n) is 13.6. The quantitative estimate of drug-likeness (QED) is 0.169. The Morgan fingerprint density at radius 3 is 1.52 bits per heavy atom. The molecule has 2 aliphatic rings. The van der Waals surface area contributed by atoms with Crippen molar-refractivity contribution < 1.29 is 0 Å². The molecule has 2 aliphatic carbocycles. The highest BCUT2D eigenvalue weighted by molar-refractivity contribution is 6.21. The molecular formula is C50H34. The van der Waals surface area contributed by atoms with Crippen molar-refractivity contribution >= 4 is 48.7 Å². The average molecular weight is 635 g/mol. The number of allylic oxidation sites excluding steroid dienone is 8. The van der Waals surface area contributed by atoms with Crippen LogP contribution in [0.15, 0.2) is 194 Å². The van der Waals surface area contributed by atoms with Gasteiger partial charge in [-0.15, -0.1) is 0 Å². The fraction of sp³-hybridized carbons (Fsp3) is 0.0400. The minimum Gasteiger partial charge on any atom is -0.0767 e. The second-order valence-corrected chi connectivity index (χ2v) is 13.6. The number of hydrogen-bond acceptors (Lipinski definition) is 0. The van der Waals surface area contributed by atoms with Crippen molar-refractivity contribution in [3.63, 3.8) is 0 Å². The van der Waals surface area contributed by atoms with E-state index in [0.29, 0.717) is 11.8 Å². The van der Waals surface area contributed by atoms with Gasteiger partial charge in [0.2, 0.25) is 0 Å². The van der Waals surface area contributed by atoms with Crippen molar-refractivity contribution in [2.75, 3.05) is 0 Å². The molecule has 0 nitrogen and oxygen atoms in total. The maximum Gasteiger partial charge on any atom is 0.00567 e. The summed E-state index contributed by atoms with van der Waals surface area (Å²) >= 11 is 0. The lowest BCUT2D eigenvalue weighted by Crippen LogP contribution is -2.11. The summed E-state index contributed by atoms with van der Waals surface area (Å²) in [6.45, 7) is 0. The van der Waals surface area contributed by atoms with Gasteiger partial charge in [0.1, 0.15) is 0 Å². The van der Waals surface area contributed by atoms with Gasteiger partial charge in [-0.1, -0.05) is 188 Å². The van der Waals surface area contributed by atoms with E-state index in [1.807, 2.05) is 0 Å². The van der Waals surface area contributed by atoms with Crippen LogP contribution in [0.4, 0.5) is 0 Å². The summed E-state index contributed by atoms with van der Waals surface area (Å²) in [5.41, 5.74) is 10.1. The van der Waals surface area contributed by atoms with Gasteiger partial charge in [-0.25, -0.2) is 0 Å². The van der Waals surface area contributed by atoms with Gasteiger partial charge in [0.05, 0.1) is 0 Å². The zero-order valence-electron chi connectivity index (χ0n) is 27.6. The first-order valence-corrected chi connectivity index (χ1v) is 17.6. The minimum atomic E-state index is 0.416. The van der Waals surface area contributed by atoms with Crippen LogP contribution in [0, 0.1) is 11.8 Å². The molecule has 0 aromatic heterocycles. The first-order valence-electron chi connectivity index (χ1n) is 17.6. The molecule has 0 saturated carbocycles. The van der Waals surface area contributed by atoms with E-state index in [0.717, 1.165) is 0 Å². The lowest BCUT2D eigenvalue weighted by molar-refractivity contribution is 0.663. The Bertz CT molecular complexity index is 2690. The van der Waals surface area contributed by atoms with Crippen molar-refractivity contribution in [3.8, 4) is 33.4 Å². The molecule has 0 saturated heterocycles. The maximum atomic E-state index is 2.43. The smallest absolute Gasteiger partial charge is 0.00567 e. The fourth-order valence-corrected chi connectivity index (χ4v) is 8.37. The van der Waals surface area contributed by atoms with E-state index in [1.54, 1.807) is 0 Å². The van der Waals surface area contributed by atoms with Gasteiger partial charge in [-0.05, 0) is 93.7 Å². The van der Waals surface area contributed by atoms with Crippen molar-refractivity contribution in [1.82, 2.24) is 0 Å². The highest BCUT2D eigenvalue weighted by atomic mass is 14.2. The summed E-state index contributed by atoms with van der Waals surface area (Å²) in [5, 5.41) is 10.2. The summed E-state index contributed by atoms with van der Waals surface area (Å²) in [4.78, 5) is 0. The molecule has 2 unspecified atom stereocenters. The topological polar surface area (TPSA) is 0 Å². The molecule has 0 spiro atoms. The van der Waals surface area contributed by atoms with Crippen LogP contribution in [-0.2, 0) is 0 Å².